The van der Waals surface area contributed by atoms with Crippen LogP contribution in [0.25, 0.3) is 0 Å². The Hall–Kier alpha value is -3.10. The smallest absolute Gasteiger partial charge is 0.278 e. The van der Waals surface area contributed by atoms with Crippen molar-refractivity contribution < 1.29 is 23.1 Å². The molecule has 1 atom stereocenters. The highest BCUT2D eigenvalue weighted by molar-refractivity contribution is 5.97. The first-order chi connectivity index (χ1) is 14.4. The Balaban J connectivity index is 2.13. The van der Waals surface area contributed by atoms with Crippen molar-refractivity contribution in [1.82, 2.24) is 14.9 Å². The van der Waals surface area contributed by atoms with Gasteiger partial charge in [-0.3, -0.25) is 9.59 Å². The molecule has 31 heavy (non-hydrogen) atoms. The molecule has 2 amide bonds. The van der Waals surface area contributed by atoms with E-state index in [9.17, 15) is 18.4 Å². The summed E-state index contributed by atoms with van der Waals surface area (Å²) in [5.41, 5.74) is 1.70. The van der Waals surface area contributed by atoms with Crippen LogP contribution >= 0.6 is 0 Å². The minimum absolute atomic E-state index is 0.0850. The highest BCUT2D eigenvalue weighted by atomic mass is 19.3. The predicted molar refractivity (Wildman–Crippen MR) is 113 cm³/mol. The molecular weight excluding hydrogens is 406 g/mol. The van der Waals surface area contributed by atoms with Gasteiger partial charge in [0.2, 0.25) is 11.8 Å². The van der Waals surface area contributed by atoms with Crippen molar-refractivity contribution in [2.45, 2.75) is 46.6 Å². The van der Waals surface area contributed by atoms with E-state index in [2.05, 4.69) is 15.3 Å². The summed E-state index contributed by atoms with van der Waals surface area (Å²) >= 11 is 0. The fraction of sp³-hybridized carbons (Fsp3) is 0.455. The number of anilines is 1. The Morgan fingerprint density at radius 1 is 1.23 bits per heavy atom. The molecule has 0 aliphatic rings. The number of amides is 2. The van der Waals surface area contributed by atoms with E-state index < -0.39 is 12.5 Å². The van der Waals surface area contributed by atoms with Crippen LogP contribution in [0.3, 0.4) is 0 Å². The molecule has 0 aliphatic carbocycles. The van der Waals surface area contributed by atoms with Crippen molar-refractivity contribution in [3.63, 3.8) is 0 Å². The molecule has 0 bridgehead atoms. The van der Waals surface area contributed by atoms with E-state index >= 15 is 0 Å². The third-order valence-electron chi connectivity index (χ3n) is 4.59. The normalized spacial score (nSPS) is 12.4. The Bertz CT molecular complexity index is 927. The van der Waals surface area contributed by atoms with Crippen LogP contribution in [0.5, 0.6) is 5.88 Å². The maximum Gasteiger partial charge on any atom is 0.278 e. The highest BCUT2D eigenvalue weighted by Crippen LogP contribution is 2.23. The molecule has 2 rings (SSSR count). The number of aryl methyl sites for hydroxylation is 1. The first-order valence-corrected chi connectivity index (χ1v) is 9.90. The lowest BCUT2D eigenvalue weighted by molar-refractivity contribution is -0.118. The van der Waals surface area contributed by atoms with Gasteiger partial charge in [0.25, 0.3) is 11.8 Å². The Kier molecular flexibility index (Phi) is 7.65. The number of carbonyl (C=O) groups is 2. The molecule has 2 heterocycles. The van der Waals surface area contributed by atoms with Crippen LogP contribution in [0.2, 0.25) is 0 Å². The van der Waals surface area contributed by atoms with Crippen molar-refractivity contribution >= 4 is 17.6 Å². The van der Waals surface area contributed by atoms with Crippen LogP contribution in [-0.2, 0) is 4.79 Å². The zero-order valence-corrected chi connectivity index (χ0v) is 18.6. The summed E-state index contributed by atoms with van der Waals surface area (Å²) in [6.45, 7) is 7.11. The zero-order valence-electron chi connectivity index (χ0n) is 18.6. The van der Waals surface area contributed by atoms with Crippen LogP contribution in [0, 0.1) is 12.8 Å². The second-order valence-electron chi connectivity index (χ2n) is 7.91. The molecule has 7 nitrogen and oxygen atoms in total. The predicted octanol–water partition coefficient (Wildman–Crippen LogP) is 4.25. The molecule has 0 aliphatic heterocycles. The summed E-state index contributed by atoms with van der Waals surface area (Å²) in [7, 11) is 1.65. The van der Waals surface area contributed by atoms with E-state index in [4.69, 9.17) is 4.74 Å². The minimum Gasteiger partial charge on any atom is -0.471 e. The number of aromatic nitrogens is 2. The minimum atomic E-state index is -2.95. The lowest BCUT2D eigenvalue weighted by Gasteiger charge is -2.25. The molecule has 0 aromatic carbocycles. The van der Waals surface area contributed by atoms with Crippen molar-refractivity contribution in [2.75, 3.05) is 19.0 Å². The summed E-state index contributed by atoms with van der Waals surface area (Å²) in [5, 5.41) is 2.71. The van der Waals surface area contributed by atoms with E-state index in [-0.39, 0.29) is 29.7 Å². The van der Waals surface area contributed by atoms with Crippen molar-refractivity contribution in [3.8, 4) is 5.88 Å². The van der Waals surface area contributed by atoms with Gasteiger partial charge in [0.05, 0.1) is 6.04 Å². The van der Waals surface area contributed by atoms with Gasteiger partial charge in [0.15, 0.2) is 6.61 Å². The topological polar surface area (TPSA) is 84.4 Å². The Labute approximate surface area is 180 Å². The molecule has 0 saturated carbocycles. The number of hydrogen-bond donors (Lipinski definition) is 1. The molecule has 0 saturated heterocycles. The summed E-state index contributed by atoms with van der Waals surface area (Å²) < 4.78 is 30.8. The summed E-state index contributed by atoms with van der Waals surface area (Å²) in [5.74, 6) is -3.21. The highest BCUT2D eigenvalue weighted by Gasteiger charge is 2.23. The summed E-state index contributed by atoms with van der Waals surface area (Å²) in [4.78, 5) is 34.8. The molecule has 1 N–H and O–H groups in total. The largest absolute Gasteiger partial charge is 0.471 e. The van der Waals surface area contributed by atoms with E-state index in [0.717, 1.165) is 6.92 Å². The van der Waals surface area contributed by atoms with Gasteiger partial charge < -0.3 is 15.0 Å². The van der Waals surface area contributed by atoms with Crippen molar-refractivity contribution in [3.05, 3.63) is 47.3 Å². The van der Waals surface area contributed by atoms with Gasteiger partial charge in [-0.2, -0.15) is 0 Å². The van der Waals surface area contributed by atoms with E-state index in [1.54, 1.807) is 46.0 Å². The van der Waals surface area contributed by atoms with Gasteiger partial charge in [0, 0.05) is 43.4 Å². The summed E-state index contributed by atoms with van der Waals surface area (Å²) in [6, 6.07) is 6.02. The van der Waals surface area contributed by atoms with E-state index in [1.807, 2.05) is 6.92 Å². The number of hydrogen-bond acceptors (Lipinski definition) is 5. The first-order valence-electron chi connectivity index (χ1n) is 9.90. The molecule has 2 aromatic rings. The van der Waals surface area contributed by atoms with E-state index in [0.29, 0.717) is 22.6 Å². The lowest BCUT2D eigenvalue weighted by atomic mass is 10.1. The number of ether oxygens (including phenoxy) is 1. The van der Waals surface area contributed by atoms with Crippen LogP contribution in [-0.4, -0.2) is 46.3 Å². The SMILES string of the molecule is Cc1cc(C(=O)N(C)C(C)c2ccc(OCC(C)(F)F)nc2)cc(NC(=O)C(C)C)n1. The molecule has 0 spiro atoms. The van der Waals surface area contributed by atoms with Crippen molar-refractivity contribution in [1.29, 1.82) is 0 Å². The lowest BCUT2D eigenvalue weighted by Crippen LogP contribution is -2.30. The van der Waals surface area contributed by atoms with Gasteiger partial charge in [-0.1, -0.05) is 19.9 Å². The van der Waals surface area contributed by atoms with E-state index in [1.165, 1.54) is 17.2 Å². The average molecular weight is 434 g/mol. The average Bonchev–Trinajstić information content (AvgIpc) is 2.70. The first kappa shape index (κ1) is 24.2. The van der Waals surface area contributed by atoms with Gasteiger partial charge in [-0.15, -0.1) is 0 Å². The van der Waals surface area contributed by atoms with Crippen LogP contribution in [0.1, 0.15) is 55.4 Å². The third-order valence-corrected chi connectivity index (χ3v) is 4.59. The van der Waals surface area contributed by atoms with Crippen LogP contribution in [0.15, 0.2) is 30.5 Å². The number of alkyl halides is 2. The second kappa shape index (κ2) is 9.80. The van der Waals surface area contributed by atoms with Gasteiger partial charge in [-0.25, -0.2) is 18.7 Å². The number of nitrogens with zero attached hydrogens (tertiary/aromatic N) is 3. The molecular formula is C22H28F2N4O3. The fourth-order valence-electron chi connectivity index (χ4n) is 2.65. The molecule has 2 aromatic heterocycles. The van der Waals surface area contributed by atoms with Gasteiger partial charge in [-0.05, 0) is 31.5 Å². The van der Waals surface area contributed by atoms with Crippen molar-refractivity contribution in [2.24, 2.45) is 5.92 Å². The third kappa shape index (κ3) is 6.97. The van der Waals surface area contributed by atoms with Gasteiger partial charge >= 0.3 is 0 Å². The second-order valence-corrected chi connectivity index (χ2v) is 7.91. The molecule has 0 fully saturated rings. The zero-order chi connectivity index (χ0) is 23.3. The number of halogens is 2. The van der Waals surface area contributed by atoms with Gasteiger partial charge in [0.1, 0.15) is 5.82 Å². The number of rotatable bonds is 8. The fourth-order valence-corrected chi connectivity index (χ4v) is 2.65. The Morgan fingerprint density at radius 3 is 2.45 bits per heavy atom. The molecule has 9 heteroatoms. The number of nitrogens with one attached hydrogen (secondary N) is 1. The number of carbonyl (C=O) groups excluding carboxylic acids is 2. The maximum atomic E-state index is 13.0. The van der Waals surface area contributed by atoms with Crippen LogP contribution in [0.4, 0.5) is 14.6 Å². The van der Waals surface area contributed by atoms with Crippen LogP contribution < -0.4 is 10.1 Å². The maximum absolute atomic E-state index is 13.0. The standard InChI is InChI=1S/C22H28F2N4O3/c1-13(2)20(29)27-18-10-17(9-14(3)26-18)21(30)28(6)15(4)16-7-8-19(25-11-16)31-12-22(5,23)24/h7-11,13,15H,12H2,1-6H3,(H,26,27,29). The summed E-state index contributed by atoms with van der Waals surface area (Å²) in [6.07, 6.45) is 1.49. The number of pyridine rings is 2. The molecule has 0 radical (unpaired) electrons. The molecule has 1 unspecified atom stereocenters. The quantitative estimate of drug-likeness (QED) is 0.672. The molecule has 168 valence electrons. The Morgan fingerprint density at radius 2 is 1.90 bits per heavy atom. The monoisotopic (exact) mass is 434 g/mol.